The molecule has 8 nitrogen and oxygen atoms in total. The summed E-state index contributed by atoms with van der Waals surface area (Å²) in [7, 11) is 4.02. The summed E-state index contributed by atoms with van der Waals surface area (Å²) in [5.41, 5.74) is 0. The normalized spacial score (nSPS) is 23.2. The molecule has 23 heavy (non-hydrogen) atoms. The second-order valence-electron chi connectivity index (χ2n) is 6.48. The highest BCUT2D eigenvalue weighted by Crippen LogP contribution is 2.26. The number of ether oxygens (including phenoxy) is 1. The number of carbonyl (C=O) groups is 1. The molecule has 3 heterocycles. The van der Waals surface area contributed by atoms with Crippen molar-refractivity contribution < 1.29 is 14.1 Å². The lowest BCUT2D eigenvalue weighted by atomic mass is 10.1. The standard InChI is InChI=1S/C15H25N5O3/c1-18(2)3-4-20-10-12(9-14(20)21)15-16-13(17-23-15)11-19-5-7-22-8-6-19/h12H,3-11H2,1-2H3/t12-/m1/s1. The highest BCUT2D eigenvalue weighted by Gasteiger charge is 2.34. The lowest BCUT2D eigenvalue weighted by Crippen LogP contribution is -2.35. The van der Waals surface area contributed by atoms with Gasteiger partial charge in [0.25, 0.3) is 0 Å². The van der Waals surface area contributed by atoms with Gasteiger partial charge in [0.2, 0.25) is 11.8 Å². The number of rotatable bonds is 6. The van der Waals surface area contributed by atoms with Crippen molar-refractivity contribution >= 4 is 5.91 Å². The summed E-state index contributed by atoms with van der Waals surface area (Å²) in [6, 6.07) is 0. The van der Waals surface area contributed by atoms with Crippen LogP contribution in [0.4, 0.5) is 0 Å². The summed E-state index contributed by atoms with van der Waals surface area (Å²) in [6.45, 7) is 6.25. The van der Waals surface area contributed by atoms with Gasteiger partial charge in [0.05, 0.1) is 25.7 Å². The molecule has 2 aliphatic rings. The molecular weight excluding hydrogens is 298 g/mol. The molecule has 2 fully saturated rings. The van der Waals surface area contributed by atoms with Crippen molar-refractivity contribution in [3.63, 3.8) is 0 Å². The molecule has 0 aliphatic carbocycles. The van der Waals surface area contributed by atoms with Crippen LogP contribution in [0.15, 0.2) is 4.52 Å². The second kappa shape index (κ2) is 7.37. The molecule has 0 bridgehead atoms. The van der Waals surface area contributed by atoms with Crippen LogP contribution in [0.1, 0.15) is 24.1 Å². The first-order valence-electron chi connectivity index (χ1n) is 8.17. The molecule has 1 aromatic heterocycles. The number of aromatic nitrogens is 2. The van der Waals surface area contributed by atoms with Crippen LogP contribution in [-0.4, -0.2) is 90.8 Å². The number of hydrogen-bond donors (Lipinski definition) is 0. The predicted molar refractivity (Wildman–Crippen MR) is 82.9 cm³/mol. The average molecular weight is 323 g/mol. The Kier molecular flexibility index (Phi) is 5.24. The lowest BCUT2D eigenvalue weighted by molar-refractivity contribution is -0.127. The quantitative estimate of drug-likeness (QED) is 0.716. The maximum absolute atomic E-state index is 12.1. The number of hydrogen-bond acceptors (Lipinski definition) is 7. The van der Waals surface area contributed by atoms with Crippen LogP contribution in [0.25, 0.3) is 0 Å². The van der Waals surface area contributed by atoms with Gasteiger partial charge in [0.1, 0.15) is 0 Å². The molecule has 0 unspecified atom stereocenters. The van der Waals surface area contributed by atoms with E-state index < -0.39 is 0 Å². The third-order valence-corrected chi connectivity index (χ3v) is 4.33. The number of amides is 1. The molecule has 0 aromatic carbocycles. The van der Waals surface area contributed by atoms with E-state index in [1.807, 2.05) is 19.0 Å². The Bertz CT molecular complexity index is 527. The number of nitrogens with zero attached hydrogens (tertiary/aromatic N) is 5. The average Bonchev–Trinajstić information content (AvgIpc) is 3.13. The van der Waals surface area contributed by atoms with Gasteiger partial charge in [-0.05, 0) is 14.1 Å². The van der Waals surface area contributed by atoms with Crippen LogP contribution >= 0.6 is 0 Å². The van der Waals surface area contributed by atoms with Crippen molar-refractivity contribution in [1.29, 1.82) is 0 Å². The van der Waals surface area contributed by atoms with Gasteiger partial charge in [-0.25, -0.2) is 0 Å². The van der Waals surface area contributed by atoms with E-state index in [9.17, 15) is 4.79 Å². The second-order valence-corrected chi connectivity index (χ2v) is 6.48. The predicted octanol–water partition coefficient (Wildman–Crippen LogP) is -0.221. The fourth-order valence-electron chi connectivity index (χ4n) is 2.93. The van der Waals surface area contributed by atoms with Crippen molar-refractivity contribution in [2.75, 3.05) is 60.0 Å². The number of morpholine rings is 1. The molecule has 0 saturated carbocycles. The fourth-order valence-corrected chi connectivity index (χ4v) is 2.93. The number of likely N-dealkylation sites (tertiary alicyclic amines) is 1. The molecule has 0 radical (unpaired) electrons. The zero-order chi connectivity index (χ0) is 16.2. The molecule has 8 heteroatoms. The topological polar surface area (TPSA) is 74.9 Å². The lowest BCUT2D eigenvalue weighted by Gasteiger charge is -2.24. The maximum Gasteiger partial charge on any atom is 0.232 e. The minimum Gasteiger partial charge on any atom is -0.379 e. The third kappa shape index (κ3) is 4.27. The van der Waals surface area contributed by atoms with Gasteiger partial charge in [0.15, 0.2) is 5.82 Å². The van der Waals surface area contributed by atoms with E-state index in [4.69, 9.17) is 9.26 Å². The summed E-state index contributed by atoms with van der Waals surface area (Å²) in [5, 5.41) is 4.07. The van der Waals surface area contributed by atoms with Crippen LogP contribution in [0.3, 0.4) is 0 Å². The summed E-state index contributed by atoms with van der Waals surface area (Å²) in [5.74, 6) is 1.48. The molecule has 2 aliphatic heterocycles. The van der Waals surface area contributed by atoms with Gasteiger partial charge in [-0.1, -0.05) is 5.16 Å². The Morgan fingerprint density at radius 2 is 2.09 bits per heavy atom. The van der Waals surface area contributed by atoms with E-state index >= 15 is 0 Å². The number of carbonyl (C=O) groups excluding carboxylic acids is 1. The van der Waals surface area contributed by atoms with Crippen molar-refractivity contribution in [2.24, 2.45) is 0 Å². The minimum atomic E-state index is 0.0237. The maximum atomic E-state index is 12.1. The zero-order valence-electron chi connectivity index (χ0n) is 13.9. The Morgan fingerprint density at radius 3 is 2.83 bits per heavy atom. The van der Waals surface area contributed by atoms with Crippen molar-refractivity contribution in [3.8, 4) is 0 Å². The van der Waals surface area contributed by atoms with Crippen molar-refractivity contribution in [1.82, 2.24) is 24.8 Å². The zero-order valence-corrected chi connectivity index (χ0v) is 13.9. The minimum absolute atomic E-state index is 0.0237. The first kappa shape index (κ1) is 16.4. The van der Waals surface area contributed by atoms with E-state index in [1.54, 1.807) is 0 Å². The largest absolute Gasteiger partial charge is 0.379 e. The van der Waals surface area contributed by atoms with Crippen LogP contribution in [-0.2, 0) is 16.1 Å². The van der Waals surface area contributed by atoms with Crippen LogP contribution < -0.4 is 0 Å². The van der Waals surface area contributed by atoms with Gasteiger partial charge < -0.3 is 19.1 Å². The Labute approximate surface area is 136 Å². The fraction of sp³-hybridized carbons (Fsp3) is 0.800. The van der Waals surface area contributed by atoms with E-state index in [2.05, 4.69) is 19.9 Å². The van der Waals surface area contributed by atoms with Gasteiger partial charge >= 0.3 is 0 Å². The highest BCUT2D eigenvalue weighted by molar-refractivity contribution is 5.79. The first-order valence-corrected chi connectivity index (χ1v) is 8.17. The molecule has 1 amide bonds. The number of likely N-dealkylation sites (N-methyl/N-ethyl adjacent to an activating group) is 1. The Balaban J connectivity index is 1.54. The molecule has 0 spiro atoms. The van der Waals surface area contributed by atoms with Crippen LogP contribution in [0, 0.1) is 0 Å². The molecular formula is C15H25N5O3. The van der Waals surface area contributed by atoms with Crippen molar-refractivity contribution in [3.05, 3.63) is 11.7 Å². The van der Waals surface area contributed by atoms with Gasteiger partial charge in [0, 0.05) is 39.1 Å². The van der Waals surface area contributed by atoms with Gasteiger partial charge in [-0.15, -0.1) is 0 Å². The molecule has 2 saturated heterocycles. The van der Waals surface area contributed by atoms with Crippen LogP contribution in [0.5, 0.6) is 0 Å². The summed E-state index contributed by atoms with van der Waals surface area (Å²) in [6.07, 6.45) is 0.465. The summed E-state index contributed by atoms with van der Waals surface area (Å²) in [4.78, 5) is 22.8. The van der Waals surface area contributed by atoms with Crippen LogP contribution in [0.2, 0.25) is 0 Å². The van der Waals surface area contributed by atoms with E-state index in [1.165, 1.54) is 0 Å². The van der Waals surface area contributed by atoms with Gasteiger partial charge in [-0.2, -0.15) is 4.98 Å². The summed E-state index contributed by atoms with van der Waals surface area (Å²) >= 11 is 0. The molecule has 0 N–H and O–H groups in total. The van der Waals surface area contributed by atoms with Gasteiger partial charge in [-0.3, -0.25) is 9.69 Å². The Hall–Kier alpha value is -1.51. The molecule has 1 aromatic rings. The SMILES string of the molecule is CN(C)CCN1C[C@H](c2nc(CN3CCOCC3)no2)CC1=O. The molecule has 3 rings (SSSR count). The highest BCUT2D eigenvalue weighted by atomic mass is 16.5. The van der Waals surface area contributed by atoms with E-state index in [-0.39, 0.29) is 11.8 Å². The molecule has 128 valence electrons. The summed E-state index contributed by atoms with van der Waals surface area (Å²) < 4.78 is 10.7. The first-order chi connectivity index (χ1) is 11.1. The van der Waals surface area contributed by atoms with Crippen molar-refractivity contribution in [2.45, 2.75) is 18.9 Å². The molecule has 1 atom stereocenters. The van der Waals surface area contributed by atoms with E-state index in [0.717, 1.165) is 39.4 Å². The van der Waals surface area contributed by atoms with E-state index in [0.29, 0.717) is 31.2 Å². The monoisotopic (exact) mass is 323 g/mol. The third-order valence-electron chi connectivity index (χ3n) is 4.33. The smallest absolute Gasteiger partial charge is 0.232 e. The Morgan fingerprint density at radius 1 is 1.30 bits per heavy atom.